The third-order valence-corrected chi connectivity index (χ3v) is 5.32. The lowest BCUT2D eigenvalue weighted by Gasteiger charge is -2.12. The van der Waals surface area contributed by atoms with Crippen LogP contribution in [-0.4, -0.2) is 30.8 Å². The highest BCUT2D eigenvalue weighted by Crippen LogP contribution is 2.22. The van der Waals surface area contributed by atoms with E-state index in [9.17, 15) is 14.4 Å². The van der Waals surface area contributed by atoms with E-state index in [2.05, 4.69) is 16.0 Å². The molecule has 3 N–H and O–H groups in total. The van der Waals surface area contributed by atoms with Gasteiger partial charge in [0.2, 0.25) is 5.91 Å². The van der Waals surface area contributed by atoms with E-state index < -0.39 is 11.8 Å². The molecule has 3 aromatic rings. The summed E-state index contributed by atoms with van der Waals surface area (Å²) in [6.45, 7) is 0.188. The number of para-hydroxylation sites is 1. The molecule has 3 aromatic carbocycles. The van der Waals surface area contributed by atoms with Gasteiger partial charge < -0.3 is 16.0 Å². The average Bonchev–Trinajstić information content (AvgIpc) is 2.80. The highest BCUT2D eigenvalue weighted by Gasteiger charge is 2.14. The van der Waals surface area contributed by atoms with Crippen molar-refractivity contribution in [2.75, 3.05) is 18.4 Å². The second kappa shape index (κ2) is 11.3. The summed E-state index contributed by atoms with van der Waals surface area (Å²) in [5.74, 6) is -1.23. The quantitative estimate of drug-likeness (QED) is 0.458. The summed E-state index contributed by atoms with van der Waals surface area (Å²) in [5, 5.41) is 8.62. The van der Waals surface area contributed by atoms with Crippen molar-refractivity contribution in [3.8, 4) is 0 Å². The number of amides is 3. The molecule has 32 heavy (non-hydrogen) atoms. The fraction of sp³-hybridized carbons (Fsp3) is 0.125. The maximum atomic E-state index is 12.6. The Kier molecular flexibility index (Phi) is 8.25. The zero-order valence-electron chi connectivity index (χ0n) is 17.0. The Labute approximate surface area is 195 Å². The molecule has 0 aliphatic heterocycles. The molecule has 0 aliphatic carbocycles. The lowest BCUT2D eigenvalue weighted by molar-refractivity contribution is -0.115. The lowest BCUT2D eigenvalue weighted by atomic mass is 10.1. The molecule has 0 unspecified atom stereocenters. The summed E-state index contributed by atoms with van der Waals surface area (Å²) in [4.78, 5) is 37.1. The number of carbonyl (C=O) groups excluding carboxylic acids is 3. The summed E-state index contributed by atoms with van der Waals surface area (Å²) in [7, 11) is 0. The van der Waals surface area contributed by atoms with Crippen LogP contribution in [0.25, 0.3) is 0 Å². The molecule has 6 nitrogen and oxygen atoms in total. The molecule has 0 aliphatic rings. The smallest absolute Gasteiger partial charge is 0.253 e. The van der Waals surface area contributed by atoms with Gasteiger partial charge in [-0.3, -0.25) is 14.4 Å². The first-order chi connectivity index (χ1) is 15.4. The zero-order valence-corrected chi connectivity index (χ0v) is 18.5. The van der Waals surface area contributed by atoms with Crippen molar-refractivity contribution >= 4 is 46.6 Å². The Hall–Kier alpha value is -3.35. The van der Waals surface area contributed by atoms with Crippen molar-refractivity contribution in [2.24, 2.45) is 0 Å². The normalized spacial score (nSPS) is 10.3. The average molecular weight is 470 g/mol. The first-order valence-electron chi connectivity index (χ1n) is 9.88. The van der Waals surface area contributed by atoms with E-state index in [-0.39, 0.29) is 23.0 Å². The number of carbonyl (C=O) groups is 3. The van der Waals surface area contributed by atoms with Gasteiger partial charge >= 0.3 is 0 Å². The molecule has 0 heterocycles. The van der Waals surface area contributed by atoms with Crippen LogP contribution >= 0.6 is 23.2 Å². The van der Waals surface area contributed by atoms with Gasteiger partial charge in [-0.1, -0.05) is 65.7 Å². The van der Waals surface area contributed by atoms with Crippen molar-refractivity contribution < 1.29 is 14.4 Å². The van der Waals surface area contributed by atoms with Crippen molar-refractivity contribution in [2.45, 2.75) is 6.42 Å². The minimum absolute atomic E-state index is 0.246. The number of nitrogens with one attached hydrogen (secondary N) is 3. The minimum atomic E-state index is -0.469. The van der Waals surface area contributed by atoms with Crippen LogP contribution in [0.15, 0.2) is 72.8 Å². The Morgan fingerprint density at radius 3 is 2.22 bits per heavy atom. The van der Waals surface area contributed by atoms with Crippen LogP contribution in [0.4, 0.5) is 5.69 Å². The number of anilines is 1. The van der Waals surface area contributed by atoms with E-state index in [1.807, 2.05) is 30.3 Å². The summed E-state index contributed by atoms with van der Waals surface area (Å²) in [5.41, 5.74) is 2.10. The predicted molar refractivity (Wildman–Crippen MR) is 126 cm³/mol. The van der Waals surface area contributed by atoms with E-state index in [1.165, 1.54) is 18.2 Å². The second-order valence-electron chi connectivity index (χ2n) is 6.90. The topological polar surface area (TPSA) is 87.3 Å². The number of hydrogen-bond donors (Lipinski definition) is 3. The molecule has 0 radical (unpaired) electrons. The molecule has 0 aromatic heterocycles. The third-order valence-electron chi connectivity index (χ3n) is 4.58. The first-order valence-corrected chi connectivity index (χ1v) is 10.6. The molecule has 0 atom stereocenters. The van der Waals surface area contributed by atoms with Gasteiger partial charge in [-0.2, -0.15) is 0 Å². The van der Waals surface area contributed by atoms with Gasteiger partial charge in [0.15, 0.2) is 0 Å². The van der Waals surface area contributed by atoms with Crippen LogP contribution in [0.3, 0.4) is 0 Å². The van der Waals surface area contributed by atoms with E-state index in [1.54, 1.807) is 24.3 Å². The number of hydrogen-bond acceptors (Lipinski definition) is 3. The van der Waals surface area contributed by atoms with Gasteiger partial charge in [0.05, 0.1) is 27.8 Å². The van der Waals surface area contributed by atoms with E-state index in [0.29, 0.717) is 29.2 Å². The molecule has 8 heteroatoms. The van der Waals surface area contributed by atoms with Crippen molar-refractivity contribution in [1.82, 2.24) is 10.6 Å². The standard InChI is InChI=1S/C24H21Cl2N3O3/c25-19-11-10-17(14-20(19)26)23(31)28-15-22(30)29-21-9-5-4-8-18(21)24(32)27-13-12-16-6-2-1-3-7-16/h1-11,14H,12-13,15H2,(H,27,32)(H,28,31)(H,29,30). The minimum Gasteiger partial charge on any atom is -0.352 e. The van der Waals surface area contributed by atoms with Crippen LogP contribution in [0, 0.1) is 0 Å². The van der Waals surface area contributed by atoms with Crippen LogP contribution in [-0.2, 0) is 11.2 Å². The number of benzene rings is 3. The molecular weight excluding hydrogens is 449 g/mol. The van der Waals surface area contributed by atoms with Crippen molar-refractivity contribution in [3.05, 3.63) is 99.5 Å². The van der Waals surface area contributed by atoms with E-state index in [4.69, 9.17) is 23.2 Å². The van der Waals surface area contributed by atoms with Crippen LogP contribution < -0.4 is 16.0 Å². The molecule has 3 amide bonds. The zero-order chi connectivity index (χ0) is 22.9. The Morgan fingerprint density at radius 1 is 0.750 bits per heavy atom. The molecule has 0 bridgehead atoms. The third kappa shape index (κ3) is 6.57. The fourth-order valence-electron chi connectivity index (χ4n) is 2.94. The molecule has 0 spiro atoms. The van der Waals surface area contributed by atoms with Gasteiger partial charge in [0.1, 0.15) is 0 Å². The highest BCUT2D eigenvalue weighted by atomic mass is 35.5. The molecule has 0 saturated carbocycles. The largest absolute Gasteiger partial charge is 0.352 e. The summed E-state index contributed by atoms with van der Waals surface area (Å²) < 4.78 is 0. The summed E-state index contributed by atoms with van der Waals surface area (Å²) in [6.07, 6.45) is 0.696. The van der Waals surface area contributed by atoms with Crippen molar-refractivity contribution in [3.63, 3.8) is 0 Å². The monoisotopic (exact) mass is 469 g/mol. The number of halogens is 2. The number of rotatable bonds is 8. The fourth-order valence-corrected chi connectivity index (χ4v) is 3.24. The van der Waals surface area contributed by atoms with Gasteiger partial charge in [0.25, 0.3) is 11.8 Å². The molecule has 3 rings (SSSR count). The Morgan fingerprint density at radius 2 is 1.47 bits per heavy atom. The lowest BCUT2D eigenvalue weighted by Crippen LogP contribution is -2.33. The van der Waals surface area contributed by atoms with Crippen molar-refractivity contribution in [1.29, 1.82) is 0 Å². The Bertz CT molecular complexity index is 1120. The van der Waals surface area contributed by atoms with Crippen LogP contribution in [0.1, 0.15) is 26.3 Å². The SMILES string of the molecule is O=C(CNC(=O)c1ccc(Cl)c(Cl)c1)Nc1ccccc1C(=O)NCCc1ccccc1. The maximum absolute atomic E-state index is 12.6. The highest BCUT2D eigenvalue weighted by molar-refractivity contribution is 6.42. The van der Waals surface area contributed by atoms with Gasteiger partial charge in [-0.25, -0.2) is 0 Å². The van der Waals surface area contributed by atoms with Gasteiger partial charge in [-0.05, 0) is 42.3 Å². The second-order valence-corrected chi connectivity index (χ2v) is 7.71. The molecule has 0 fully saturated rings. The molecule has 0 saturated heterocycles. The maximum Gasteiger partial charge on any atom is 0.253 e. The summed E-state index contributed by atoms with van der Waals surface area (Å²) in [6, 6.07) is 20.9. The van der Waals surface area contributed by atoms with Gasteiger partial charge in [-0.15, -0.1) is 0 Å². The summed E-state index contributed by atoms with van der Waals surface area (Å²) >= 11 is 11.8. The first kappa shape index (κ1) is 23.3. The van der Waals surface area contributed by atoms with Crippen LogP contribution in [0.2, 0.25) is 10.0 Å². The van der Waals surface area contributed by atoms with E-state index in [0.717, 1.165) is 5.56 Å². The molecule has 164 valence electrons. The Balaban J connectivity index is 1.54. The molecular formula is C24H21Cl2N3O3. The van der Waals surface area contributed by atoms with Crippen LogP contribution in [0.5, 0.6) is 0 Å². The van der Waals surface area contributed by atoms with E-state index >= 15 is 0 Å². The predicted octanol–water partition coefficient (Wildman–Crippen LogP) is 4.33. The van der Waals surface area contributed by atoms with Gasteiger partial charge in [0, 0.05) is 12.1 Å².